The van der Waals surface area contributed by atoms with Crippen LogP contribution in [0.4, 0.5) is 5.69 Å². The summed E-state index contributed by atoms with van der Waals surface area (Å²) in [6.45, 7) is 8.34. The fourth-order valence-electron chi connectivity index (χ4n) is 3.94. The van der Waals surface area contributed by atoms with Crippen molar-refractivity contribution in [1.82, 2.24) is 10.2 Å². The molecule has 1 atom stereocenters. The van der Waals surface area contributed by atoms with Crippen molar-refractivity contribution in [3.63, 3.8) is 0 Å². The normalized spacial score (nSPS) is 12.5. The Kier molecular flexibility index (Phi) is 10.2. The van der Waals surface area contributed by atoms with Crippen molar-refractivity contribution in [3.8, 4) is 0 Å². The highest BCUT2D eigenvalue weighted by Crippen LogP contribution is 2.30. The molecule has 0 heterocycles. The van der Waals surface area contributed by atoms with Crippen LogP contribution in [0.5, 0.6) is 0 Å². The van der Waals surface area contributed by atoms with Crippen LogP contribution in [0.15, 0.2) is 71.6 Å². The van der Waals surface area contributed by atoms with Crippen molar-refractivity contribution in [1.29, 1.82) is 0 Å². The molecular formula is C29H32Cl3N3O4S. The van der Waals surface area contributed by atoms with Crippen LogP contribution >= 0.6 is 34.8 Å². The number of hydrogen-bond acceptors (Lipinski definition) is 4. The van der Waals surface area contributed by atoms with Crippen LogP contribution in [0.3, 0.4) is 0 Å². The summed E-state index contributed by atoms with van der Waals surface area (Å²) in [5.41, 5.74) is 1.11. The number of carbonyl (C=O) groups is 2. The average molecular weight is 625 g/mol. The molecule has 1 N–H and O–H groups in total. The maximum Gasteiger partial charge on any atom is 0.264 e. The van der Waals surface area contributed by atoms with Crippen LogP contribution in [0.25, 0.3) is 0 Å². The summed E-state index contributed by atoms with van der Waals surface area (Å²) in [5.74, 6) is -0.995. The summed E-state index contributed by atoms with van der Waals surface area (Å²) in [6, 6.07) is 16.6. The monoisotopic (exact) mass is 623 g/mol. The first-order chi connectivity index (χ1) is 18.6. The zero-order chi connectivity index (χ0) is 29.8. The first kappa shape index (κ1) is 31.7. The predicted molar refractivity (Wildman–Crippen MR) is 162 cm³/mol. The molecule has 3 aromatic carbocycles. The Morgan fingerprint density at radius 2 is 1.50 bits per heavy atom. The first-order valence-corrected chi connectivity index (χ1v) is 15.1. The number of nitrogens with one attached hydrogen (secondary N) is 1. The number of nitrogens with zero attached hydrogens (tertiary/aromatic N) is 2. The standard InChI is InChI=1S/C29H32Cl3N3O4S/c1-19-9-11-26(12-10-19)40(38,39)35(25-15-23(31)14-24(32)16-25)18-27(36)34(17-21-7-6-8-22(30)13-21)20(2)28(37)33-29(3,4)5/h6-16,20H,17-18H2,1-5H3,(H,33,37)/t20-/m1/s1. The van der Waals surface area contributed by atoms with Gasteiger partial charge in [-0.25, -0.2) is 8.42 Å². The lowest BCUT2D eigenvalue weighted by Gasteiger charge is -2.33. The quantitative estimate of drug-likeness (QED) is 0.295. The summed E-state index contributed by atoms with van der Waals surface area (Å²) in [4.78, 5) is 28.4. The maximum absolute atomic E-state index is 14.0. The Balaban J connectivity index is 2.07. The van der Waals surface area contributed by atoms with E-state index in [-0.39, 0.29) is 33.1 Å². The molecule has 2 amide bonds. The minimum absolute atomic E-state index is 0.0121. The van der Waals surface area contributed by atoms with Crippen molar-refractivity contribution >= 4 is 62.3 Å². The number of sulfonamides is 1. The highest BCUT2D eigenvalue weighted by molar-refractivity contribution is 7.92. The molecule has 0 spiro atoms. The third-order valence-corrected chi connectivity index (χ3v) is 8.39. The third-order valence-electron chi connectivity index (χ3n) is 5.93. The zero-order valence-corrected chi connectivity index (χ0v) is 26.0. The van der Waals surface area contributed by atoms with E-state index in [2.05, 4.69) is 5.32 Å². The second-order valence-corrected chi connectivity index (χ2v) is 13.7. The molecule has 3 rings (SSSR count). The zero-order valence-electron chi connectivity index (χ0n) is 22.9. The van der Waals surface area contributed by atoms with Crippen molar-refractivity contribution in [2.45, 2.75) is 57.6 Å². The van der Waals surface area contributed by atoms with Gasteiger partial charge in [0.25, 0.3) is 10.0 Å². The molecule has 0 bridgehead atoms. The SMILES string of the molecule is Cc1ccc(S(=O)(=O)N(CC(=O)N(Cc2cccc(Cl)c2)[C@H](C)C(=O)NC(C)(C)C)c2cc(Cl)cc(Cl)c2)cc1. The molecule has 11 heteroatoms. The molecule has 0 unspecified atom stereocenters. The smallest absolute Gasteiger partial charge is 0.264 e. The number of aryl methyl sites for hydroxylation is 1. The molecule has 3 aromatic rings. The van der Waals surface area contributed by atoms with Gasteiger partial charge in [-0.1, -0.05) is 64.6 Å². The van der Waals surface area contributed by atoms with E-state index in [1.807, 2.05) is 27.7 Å². The highest BCUT2D eigenvalue weighted by Gasteiger charge is 2.33. The lowest BCUT2D eigenvalue weighted by molar-refractivity contribution is -0.140. The molecule has 0 fully saturated rings. The minimum Gasteiger partial charge on any atom is -0.350 e. The molecule has 0 saturated heterocycles. The molecule has 40 heavy (non-hydrogen) atoms. The van der Waals surface area contributed by atoms with Gasteiger partial charge in [-0.3, -0.25) is 13.9 Å². The predicted octanol–water partition coefficient (Wildman–Crippen LogP) is 6.48. The van der Waals surface area contributed by atoms with Gasteiger partial charge in [-0.15, -0.1) is 0 Å². The van der Waals surface area contributed by atoms with E-state index in [0.29, 0.717) is 10.6 Å². The largest absolute Gasteiger partial charge is 0.350 e. The summed E-state index contributed by atoms with van der Waals surface area (Å²) in [5, 5.41) is 3.76. The Bertz CT molecular complexity index is 1470. The van der Waals surface area contributed by atoms with Crippen LogP contribution in [-0.2, 0) is 26.2 Å². The molecule has 0 aliphatic carbocycles. The van der Waals surface area contributed by atoms with Crippen LogP contribution in [0.2, 0.25) is 15.1 Å². The van der Waals surface area contributed by atoms with E-state index in [9.17, 15) is 18.0 Å². The van der Waals surface area contributed by atoms with Crippen molar-refractivity contribution in [3.05, 3.63) is 92.9 Å². The molecule has 0 aliphatic heterocycles. The van der Waals surface area contributed by atoms with Gasteiger partial charge in [0.05, 0.1) is 10.6 Å². The van der Waals surface area contributed by atoms with Crippen molar-refractivity contribution < 1.29 is 18.0 Å². The van der Waals surface area contributed by atoms with E-state index in [1.165, 1.54) is 35.2 Å². The molecule has 214 valence electrons. The Morgan fingerprint density at radius 3 is 2.05 bits per heavy atom. The Morgan fingerprint density at radius 1 is 0.900 bits per heavy atom. The summed E-state index contributed by atoms with van der Waals surface area (Å²) in [7, 11) is -4.24. The maximum atomic E-state index is 14.0. The average Bonchev–Trinajstić information content (AvgIpc) is 2.84. The number of amides is 2. The molecule has 0 aromatic heterocycles. The van der Waals surface area contributed by atoms with Gasteiger partial charge in [-0.2, -0.15) is 0 Å². The van der Waals surface area contributed by atoms with Crippen molar-refractivity contribution in [2.75, 3.05) is 10.8 Å². The van der Waals surface area contributed by atoms with Crippen LogP contribution in [0.1, 0.15) is 38.8 Å². The number of hydrogen-bond donors (Lipinski definition) is 1. The van der Waals surface area contributed by atoms with Gasteiger partial charge in [-0.05, 0) is 82.6 Å². The van der Waals surface area contributed by atoms with E-state index in [0.717, 1.165) is 9.87 Å². The number of halogens is 3. The molecule has 0 saturated carbocycles. The van der Waals surface area contributed by atoms with Crippen LogP contribution in [-0.4, -0.2) is 43.3 Å². The summed E-state index contributed by atoms with van der Waals surface area (Å²) >= 11 is 18.6. The minimum atomic E-state index is -4.24. The summed E-state index contributed by atoms with van der Waals surface area (Å²) in [6.07, 6.45) is 0. The number of anilines is 1. The second kappa shape index (κ2) is 12.8. The van der Waals surface area contributed by atoms with Gasteiger partial charge in [0.1, 0.15) is 12.6 Å². The number of rotatable bonds is 9. The van der Waals surface area contributed by atoms with Crippen LogP contribution in [0, 0.1) is 6.92 Å². The fourth-order valence-corrected chi connectivity index (χ4v) is 6.06. The van der Waals surface area contributed by atoms with Gasteiger partial charge < -0.3 is 10.2 Å². The Hall–Kier alpha value is -2.78. The second-order valence-electron chi connectivity index (χ2n) is 10.5. The number of benzene rings is 3. The van der Waals surface area contributed by atoms with Gasteiger partial charge in [0.15, 0.2) is 0 Å². The third kappa shape index (κ3) is 8.36. The number of carbonyl (C=O) groups excluding carboxylic acids is 2. The highest BCUT2D eigenvalue weighted by atomic mass is 35.5. The summed E-state index contributed by atoms with van der Waals surface area (Å²) < 4.78 is 28.7. The van der Waals surface area contributed by atoms with Crippen LogP contribution < -0.4 is 9.62 Å². The lowest BCUT2D eigenvalue weighted by Crippen LogP contribution is -2.54. The molecule has 0 radical (unpaired) electrons. The molecule has 7 nitrogen and oxygen atoms in total. The molecular weight excluding hydrogens is 593 g/mol. The van der Waals surface area contributed by atoms with E-state index >= 15 is 0 Å². The van der Waals surface area contributed by atoms with E-state index in [1.54, 1.807) is 43.3 Å². The first-order valence-electron chi connectivity index (χ1n) is 12.5. The van der Waals surface area contributed by atoms with Gasteiger partial charge in [0.2, 0.25) is 11.8 Å². The lowest BCUT2D eigenvalue weighted by atomic mass is 10.1. The topological polar surface area (TPSA) is 86.8 Å². The van der Waals surface area contributed by atoms with Gasteiger partial charge in [0, 0.05) is 27.2 Å². The fraction of sp³-hybridized carbons (Fsp3) is 0.310. The van der Waals surface area contributed by atoms with Gasteiger partial charge >= 0.3 is 0 Å². The van der Waals surface area contributed by atoms with E-state index in [4.69, 9.17) is 34.8 Å². The molecule has 0 aliphatic rings. The van der Waals surface area contributed by atoms with Crippen molar-refractivity contribution in [2.24, 2.45) is 0 Å². The van der Waals surface area contributed by atoms with E-state index < -0.39 is 34.1 Å². The Labute approximate surface area is 251 Å².